The SMILES string of the molecule is CN(CCc1ccncc1)c1ccc2ccccc2n1. The van der Waals surface area contributed by atoms with Gasteiger partial charge in [0.05, 0.1) is 5.52 Å². The third-order valence-electron chi connectivity index (χ3n) is 3.46. The van der Waals surface area contributed by atoms with Crippen LogP contribution in [-0.2, 0) is 6.42 Å². The number of benzene rings is 1. The van der Waals surface area contributed by atoms with Gasteiger partial charge in [-0.1, -0.05) is 18.2 Å². The van der Waals surface area contributed by atoms with Crippen LogP contribution < -0.4 is 4.90 Å². The predicted molar refractivity (Wildman–Crippen MR) is 83.0 cm³/mol. The van der Waals surface area contributed by atoms with Gasteiger partial charge in [-0.25, -0.2) is 4.98 Å². The van der Waals surface area contributed by atoms with Gasteiger partial charge in [0, 0.05) is 31.4 Å². The van der Waals surface area contributed by atoms with Crippen molar-refractivity contribution in [1.82, 2.24) is 9.97 Å². The molecular formula is C17H17N3. The van der Waals surface area contributed by atoms with Crippen molar-refractivity contribution in [3.8, 4) is 0 Å². The standard InChI is InChI=1S/C17H17N3/c1-20(13-10-14-8-11-18-12-9-14)17-7-6-15-4-2-3-5-16(15)19-17/h2-9,11-12H,10,13H2,1H3. The van der Waals surface area contributed by atoms with Crippen molar-refractivity contribution >= 4 is 16.7 Å². The van der Waals surface area contributed by atoms with Gasteiger partial charge in [0.2, 0.25) is 0 Å². The van der Waals surface area contributed by atoms with E-state index in [-0.39, 0.29) is 0 Å². The molecule has 0 aliphatic rings. The van der Waals surface area contributed by atoms with Crippen LogP contribution in [0.25, 0.3) is 10.9 Å². The summed E-state index contributed by atoms with van der Waals surface area (Å²) in [6, 6.07) is 16.5. The number of anilines is 1. The summed E-state index contributed by atoms with van der Waals surface area (Å²) in [5.41, 5.74) is 2.34. The van der Waals surface area contributed by atoms with Crippen molar-refractivity contribution < 1.29 is 0 Å². The molecule has 3 nitrogen and oxygen atoms in total. The van der Waals surface area contributed by atoms with Crippen LogP contribution in [0.4, 0.5) is 5.82 Å². The number of pyridine rings is 2. The van der Waals surface area contributed by atoms with E-state index in [9.17, 15) is 0 Å². The maximum Gasteiger partial charge on any atom is 0.128 e. The van der Waals surface area contributed by atoms with Gasteiger partial charge in [0.25, 0.3) is 0 Å². The van der Waals surface area contributed by atoms with Crippen molar-refractivity contribution in [3.63, 3.8) is 0 Å². The Kier molecular flexibility index (Phi) is 3.59. The molecule has 0 aliphatic heterocycles. The average Bonchev–Trinajstić information content (AvgIpc) is 2.53. The first-order chi connectivity index (χ1) is 9.83. The van der Waals surface area contributed by atoms with Gasteiger partial charge < -0.3 is 4.90 Å². The van der Waals surface area contributed by atoms with Gasteiger partial charge in [0.15, 0.2) is 0 Å². The minimum absolute atomic E-state index is 0.940. The molecule has 0 unspecified atom stereocenters. The molecule has 2 heterocycles. The first-order valence-electron chi connectivity index (χ1n) is 6.79. The van der Waals surface area contributed by atoms with E-state index in [1.807, 2.05) is 24.5 Å². The Labute approximate surface area is 118 Å². The molecule has 20 heavy (non-hydrogen) atoms. The molecule has 0 fully saturated rings. The predicted octanol–water partition coefficient (Wildman–Crippen LogP) is 3.31. The van der Waals surface area contributed by atoms with E-state index in [4.69, 9.17) is 4.98 Å². The van der Waals surface area contributed by atoms with Crippen molar-refractivity contribution in [2.45, 2.75) is 6.42 Å². The molecule has 100 valence electrons. The zero-order chi connectivity index (χ0) is 13.8. The highest BCUT2D eigenvalue weighted by atomic mass is 15.2. The van der Waals surface area contributed by atoms with Crippen LogP contribution in [0.3, 0.4) is 0 Å². The highest BCUT2D eigenvalue weighted by molar-refractivity contribution is 5.80. The number of hydrogen-bond donors (Lipinski definition) is 0. The molecule has 3 rings (SSSR count). The molecule has 0 saturated carbocycles. The zero-order valence-corrected chi connectivity index (χ0v) is 11.5. The molecule has 0 spiro atoms. The van der Waals surface area contributed by atoms with Crippen molar-refractivity contribution in [3.05, 3.63) is 66.5 Å². The summed E-state index contributed by atoms with van der Waals surface area (Å²) < 4.78 is 0. The first-order valence-corrected chi connectivity index (χ1v) is 6.79. The fourth-order valence-corrected chi connectivity index (χ4v) is 2.23. The molecular weight excluding hydrogens is 246 g/mol. The van der Waals surface area contributed by atoms with Crippen LogP contribution in [0, 0.1) is 0 Å². The highest BCUT2D eigenvalue weighted by Gasteiger charge is 2.04. The van der Waals surface area contributed by atoms with Gasteiger partial charge in [-0.3, -0.25) is 4.98 Å². The summed E-state index contributed by atoms with van der Waals surface area (Å²) >= 11 is 0. The van der Waals surface area contributed by atoms with Crippen LogP contribution in [0.2, 0.25) is 0 Å². The molecule has 0 atom stereocenters. The third-order valence-corrected chi connectivity index (χ3v) is 3.46. The fraction of sp³-hybridized carbons (Fsp3) is 0.176. The van der Waals surface area contributed by atoms with Crippen LogP contribution in [-0.4, -0.2) is 23.6 Å². The second-order valence-electron chi connectivity index (χ2n) is 4.89. The third kappa shape index (κ3) is 2.77. The van der Waals surface area contributed by atoms with E-state index in [2.05, 4.69) is 53.3 Å². The van der Waals surface area contributed by atoms with Crippen molar-refractivity contribution in [2.75, 3.05) is 18.5 Å². The Morgan fingerprint density at radius 2 is 1.75 bits per heavy atom. The molecule has 0 aliphatic carbocycles. The van der Waals surface area contributed by atoms with E-state index < -0.39 is 0 Å². The van der Waals surface area contributed by atoms with E-state index in [1.54, 1.807) is 0 Å². The average molecular weight is 263 g/mol. The van der Waals surface area contributed by atoms with Crippen LogP contribution in [0.15, 0.2) is 60.9 Å². The van der Waals surface area contributed by atoms with E-state index >= 15 is 0 Å². The maximum absolute atomic E-state index is 4.70. The summed E-state index contributed by atoms with van der Waals surface area (Å²) in [6.07, 6.45) is 4.67. The molecule has 0 radical (unpaired) electrons. The molecule has 1 aromatic carbocycles. The number of likely N-dealkylation sites (N-methyl/N-ethyl adjacent to an activating group) is 1. The van der Waals surface area contributed by atoms with Gasteiger partial charge in [-0.2, -0.15) is 0 Å². The summed E-state index contributed by atoms with van der Waals surface area (Å²) in [7, 11) is 2.08. The fourth-order valence-electron chi connectivity index (χ4n) is 2.23. The lowest BCUT2D eigenvalue weighted by atomic mass is 10.2. The van der Waals surface area contributed by atoms with Gasteiger partial charge in [0.1, 0.15) is 5.82 Å². The second kappa shape index (κ2) is 5.70. The monoisotopic (exact) mass is 263 g/mol. The number of fused-ring (bicyclic) bond motifs is 1. The normalized spacial score (nSPS) is 10.7. The Hall–Kier alpha value is -2.42. The number of aromatic nitrogens is 2. The van der Waals surface area contributed by atoms with Crippen LogP contribution in [0.5, 0.6) is 0 Å². The second-order valence-corrected chi connectivity index (χ2v) is 4.89. The first kappa shape index (κ1) is 12.6. The molecule has 0 bridgehead atoms. The van der Waals surface area contributed by atoms with Crippen molar-refractivity contribution in [2.24, 2.45) is 0 Å². The Balaban J connectivity index is 1.73. The molecule has 0 saturated heterocycles. The quantitative estimate of drug-likeness (QED) is 0.723. The number of rotatable bonds is 4. The Bertz CT molecular complexity index is 695. The molecule has 0 amide bonds. The maximum atomic E-state index is 4.70. The number of nitrogens with zero attached hydrogens (tertiary/aromatic N) is 3. The Morgan fingerprint density at radius 3 is 2.60 bits per heavy atom. The number of hydrogen-bond acceptors (Lipinski definition) is 3. The topological polar surface area (TPSA) is 29.0 Å². The highest BCUT2D eigenvalue weighted by Crippen LogP contribution is 2.17. The largest absolute Gasteiger partial charge is 0.359 e. The van der Waals surface area contributed by atoms with Crippen molar-refractivity contribution in [1.29, 1.82) is 0 Å². The van der Waals surface area contributed by atoms with Gasteiger partial charge in [-0.05, 0) is 42.3 Å². The molecule has 2 aromatic heterocycles. The van der Waals surface area contributed by atoms with Gasteiger partial charge in [-0.15, -0.1) is 0 Å². The lowest BCUT2D eigenvalue weighted by Crippen LogP contribution is -2.21. The lowest BCUT2D eigenvalue weighted by Gasteiger charge is -2.18. The van der Waals surface area contributed by atoms with E-state index in [0.29, 0.717) is 0 Å². The lowest BCUT2D eigenvalue weighted by molar-refractivity contribution is 0.861. The minimum atomic E-state index is 0.940. The molecule has 3 heteroatoms. The number of para-hydroxylation sites is 1. The van der Waals surface area contributed by atoms with E-state index in [1.165, 1.54) is 10.9 Å². The zero-order valence-electron chi connectivity index (χ0n) is 11.5. The van der Waals surface area contributed by atoms with E-state index in [0.717, 1.165) is 24.3 Å². The summed E-state index contributed by atoms with van der Waals surface area (Å²) in [6.45, 7) is 0.940. The summed E-state index contributed by atoms with van der Waals surface area (Å²) in [5, 5.41) is 1.18. The molecule has 3 aromatic rings. The Morgan fingerprint density at radius 1 is 0.950 bits per heavy atom. The molecule has 0 N–H and O–H groups in total. The summed E-state index contributed by atoms with van der Waals surface area (Å²) in [5.74, 6) is 1.01. The summed E-state index contributed by atoms with van der Waals surface area (Å²) in [4.78, 5) is 10.9. The van der Waals surface area contributed by atoms with Crippen LogP contribution in [0.1, 0.15) is 5.56 Å². The van der Waals surface area contributed by atoms with Crippen LogP contribution >= 0.6 is 0 Å². The minimum Gasteiger partial charge on any atom is -0.359 e. The smallest absolute Gasteiger partial charge is 0.128 e. The van der Waals surface area contributed by atoms with Gasteiger partial charge >= 0.3 is 0 Å².